The second kappa shape index (κ2) is 5.14. The van der Waals surface area contributed by atoms with Gasteiger partial charge in [-0.1, -0.05) is 0 Å². The Morgan fingerprint density at radius 2 is 2.06 bits per heavy atom. The summed E-state index contributed by atoms with van der Waals surface area (Å²) < 4.78 is 12.8. The number of carbonyl (C=O) groups is 2. The minimum atomic E-state index is -2.04. The van der Waals surface area contributed by atoms with Gasteiger partial charge in [-0.05, 0) is 37.6 Å². The van der Waals surface area contributed by atoms with E-state index in [1.54, 1.807) is 6.92 Å². The lowest BCUT2D eigenvalue weighted by atomic mass is 10.1. The van der Waals surface area contributed by atoms with Crippen molar-refractivity contribution in [1.82, 2.24) is 5.32 Å². The number of nitrogens with one attached hydrogen (secondary N) is 1. The monoisotopic (exact) mass is 255 g/mol. The number of hydrogen-bond donors (Lipinski definition) is 3. The molecule has 1 aromatic rings. The van der Waals surface area contributed by atoms with E-state index in [1.807, 2.05) is 0 Å². The number of hydrogen-bond acceptors (Lipinski definition) is 3. The van der Waals surface area contributed by atoms with Gasteiger partial charge < -0.3 is 15.5 Å². The number of carboxylic acids is 1. The van der Waals surface area contributed by atoms with E-state index >= 15 is 0 Å². The number of amides is 1. The molecule has 0 bridgehead atoms. The first-order valence-electron chi connectivity index (χ1n) is 5.24. The van der Waals surface area contributed by atoms with E-state index in [-0.39, 0.29) is 5.56 Å². The van der Waals surface area contributed by atoms with Crippen molar-refractivity contribution in [2.75, 3.05) is 6.54 Å². The molecule has 0 spiro atoms. The van der Waals surface area contributed by atoms with Crippen LogP contribution in [0.15, 0.2) is 18.2 Å². The van der Waals surface area contributed by atoms with Gasteiger partial charge in [-0.25, -0.2) is 9.18 Å². The van der Waals surface area contributed by atoms with Crippen molar-refractivity contribution < 1.29 is 24.2 Å². The third-order valence-electron chi connectivity index (χ3n) is 2.49. The zero-order valence-electron chi connectivity index (χ0n) is 10.0. The molecule has 1 atom stereocenters. The Bertz CT molecular complexity index is 485. The molecule has 0 aliphatic heterocycles. The average molecular weight is 255 g/mol. The van der Waals surface area contributed by atoms with E-state index in [0.717, 1.165) is 13.0 Å². The summed E-state index contributed by atoms with van der Waals surface area (Å²) in [6, 6.07) is 3.64. The van der Waals surface area contributed by atoms with Gasteiger partial charge in [0.2, 0.25) is 0 Å². The molecular formula is C12H14FNO4. The standard InChI is InChI=1S/C12H14FNO4/c1-7-5-8(13)3-4-9(7)10(15)14-6-12(2,18)11(16)17/h3-5,18H,6H2,1-2H3,(H,14,15)(H,16,17). The zero-order valence-corrected chi connectivity index (χ0v) is 10.0. The molecule has 0 heterocycles. The quantitative estimate of drug-likeness (QED) is 0.739. The highest BCUT2D eigenvalue weighted by Gasteiger charge is 2.30. The van der Waals surface area contributed by atoms with Gasteiger partial charge >= 0.3 is 5.97 Å². The molecule has 6 heteroatoms. The van der Waals surface area contributed by atoms with Gasteiger partial charge in [-0.3, -0.25) is 4.79 Å². The zero-order chi connectivity index (χ0) is 13.9. The van der Waals surface area contributed by atoms with Gasteiger partial charge in [0.1, 0.15) is 5.82 Å². The highest BCUT2D eigenvalue weighted by Crippen LogP contribution is 2.10. The van der Waals surface area contributed by atoms with E-state index in [9.17, 15) is 19.1 Å². The fraction of sp³-hybridized carbons (Fsp3) is 0.333. The first-order valence-corrected chi connectivity index (χ1v) is 5.24. The minimum absolute atomic E-state index is 0.234. The lowest BCUT2D eigenvalue weighted by molar-refractivity contribution is -0.155. The van der Waals surface area contributed by atoms with Crippen molar-refractivity contribution in [3.05, 3.63) is 35.1 Å². The number of aliphatic hydroxyl groups is 1. The van der Waals surface area contributed by atoms with E-state index in [0.29, 0.717) is 5.56 Å². The predicted molar refractivity (Wildman–Crippen MR) is 61.7 cm³/mol. The lowest BCUT2D eigenvalue weighted by Gasteiger charge is -2.18. The Hall–Kier alpha value is -1.95. The molecule has 18 heavy (non-hydrogen) atoms. The molecule has 0 fully saturated rings. The van der Waals surface area contributed by atoms with E-state index < -0.39 is 29.8 Å². The van der Waals surface area contributed by atoms with Crippen LogP contribution in [0.5, 0.6) is 0 Å². The van der Waals surface area contributed by atoms with Crippen LogP contribution >= 0.6 is 0 Å². The fourth-order valence-corrected chi connectivity index (χ4v) is 1.31. The average Bonchev–Trinajstić information content (AvgIpc) is 2.25. The van der Waals surface area contributed by atoms with Gasteiger partial charge in [-0.15, -0.1) is 0 Å². The van der Waals surface area contributed by atoms with Crippen LogP contribution in [0, 0.1) is 12.7 Å². The highest BCUT2D eigenvalue weighted by atomic mass is 19.1. The number of rotatable bonds is 4. The number of carbonyl (C=O) groups excluding carboxylic acids is 1. The van der Waals surface area contributed by atoms with Crippen LogP contribution in [0.2, 0.25) is 0 Å². The summed E-state index contributed by atoms with van der Waals surface area (Å²) in [5, 5.41) is 20.4. The Morgan fingerprint density at radius 3 is 2.56 bits per heavy atom. The van der Waals surface area contributed by atoms with Crippen molar-refractivity contribution in [3.8, 4) is 0 Å². The topological polar surface area (TPSA) is 86.6 Å². The van der Waals surface area contributed by atoms with Crippen LogP contribution in [-0.2, 0) is 4.79 Å². The summed E-state index contributed by atoms with van der Waals surface area (Å²) >= 11 is 0. The van der Waals surface area contributed by atoms with Gasteiger partial charge in [0, 0.05) is 5.56 Å². The van der Waals surface area contributed by atoms with Crippen molar-refractivity contribution in [2.45, 2.75) is 19.4 Å². The summed E-state index contributed by atoms with van der Waals surface area (Å²) in [6.45, 7) is 2.21. The summed E-state index contributed by atoms with van der Waals surface area (Å²) in [5.41, 5.74) is -1.37. The second-order valence-corrected chi connectivity index (χ2v) is 4.22. The normalized spacial score (nSPS) is 13.8. The molecule has 98 valence electrons. The molecule has 0 aliphatic carbocycles. The van der Waals surface area contributed by atoms with Gasteiger partial charge in [0.15, 0.2) is 5.60 Å². The maximum Gasteiger partial charge on any atom is 0.337 e. The van der Waals surface area contributed by atoms with Crippen LogP contribution in [0.1, 0.15) is 22.8 Å². The summed E-state index contributed by atoms with van der Waals surface area (Å²) in [7, 11) is 0. The second-order valence-electron chi connectivity index (χ2n) is 4.22. The lowest BCUT2D eigenvalue weighted by Crippen LogP contribution is -2.46. The molecule has 0 aliphatic rings. The molecule has 0 aromatic heterocycles. The van der Waals surface area contributed by atoms with Crippen LogP contribution in [0.25, 0.3) is 0 Å². The Kier molecular flexibility index (Phi) is 4.03. The van der Waals surface area contributed by atoms with Gasteiger partial charge in [-0.2, -0.15) is 0 Å². The minimum Gasteiger partial charge on any atom is -0.479 e. The van der Waals surface area contributed by atoms with E-state index in [1.165, 1.54) is 12.1 Å². The number of benzene rings is 1. The van der Waals surface area contributed by atoms with Crippen molar-refractivity contribution >= 4 is 11.9 Å². The van der Waals surface area contributed by atoms with Gasteiger partial charge in [0.25, 0.3) is 5.91 Å². The Balaban J connectivity index is 2.75. The maximum atomic E-state index is 12.8. The Labute approximate surface area is 103 Å². The molecule has 1 rings (SSSR count). The first kappa shape index (κ1) is 14.1. The maximum absolute atomic E-state index is 12.8. The highest BCUT2D eigenvalue weighted by molar-refractivity contribution is 5.96. The van der Waals surface area contributed by atoms with E-state index in [2.05, 4.69) is 5.32 Å². The molecule has 3 N–H and O–H groups in total. The third kappa shape index (κ3) is 3.27. The molecule has 0 saturated carbocycles. The summed E-state index contributed by atoms with van der Waals surface area (Å²) in [5.74, 6) is -2.45. The summed E-state index contributed by atoms with van der Waals surface area (Å²) in [4.78, 5) is 22.3. The predicted octanol–water partition coefficient (Wildman–Crippen LogP) is 0.700. The van der Waals surface area contributed by atoms with Crippen LogP contribution in [0.4, 0.5) is 4.39 Å². The number of halogens is 1. The van der Waals surface area contributed by atoms with Crippen molar-refractivity contribution in [1.29, 1.82) is 0 Å². The molecule has 0 saturated heterocycles. The fourth-order valence-electron chi connectivity index (χ4n) is 1.31. The first-order chi connectivity index (χ1) is 8.24. The number of carboxylic acid groups (broad SMARTS) is 1. The number of aliphatic carboxylic acids is 1. The van der Waals surface area contributed by atoms with Crippen molar-refractivity contribution in [2.24, 2.45) is 0 Å². The van der Waals surface area contributed by atoms with E-state index in [4.69, 9.17) is 5.11 Å². The molecule has 1 aromatic carbocycles. The van der Waals surface area contributed by atoms with Crippen LogP contribution in [0.3, 0.4) is 0 Å². The summed E-state index contributed by atoms with van der Waals surface area (Å²) in [6.07, 6.45) is 0. The van der Waals surface area contributed by atoms with Crippen molar-refractivity contribution in [3.63, 3.8) is 0 Å². The third-order valence-corrected chi connectivity index (χ3v) is 2.49. The number of aryl methyl sites for hydroxylation is 1. The molecule has 0 radical (unpaired) electrons. The molecule has 1 amide bonds. The molecule has 1 unspecified atom stereocenters. The SMILES string of the molecule is Cc1cc(F)ccc1C(=O)NCC(C)(O)C(=O)O. The molecule has 5 nitrogen and oxygen atoms in total. The van der Waals surface area contributed by atoms with Crippen LogP contribution in [-0.4, -0.2) is 34.2 Å². The smallest absolute Gasteiger partial charge is 0.337 e. The Morgan fingerprint density at radius 1 is 1.44 bits per heavy atom. The largest absolute Gasteiger partial charge is 0.479 e. The van der Waals surface area contributed by atoms with Gasteiger partial charge in [0.05, 0.1) is 6.54 Å². The molecular weight excluding hydrogens is 241 g/mol. The van der Waals surface area contributed by atoms with Crippen LogP contribution < -0.4 is 5.32 Å².